The van der Waals surface area contributed by atoms with E-state index in [4.69, 9.17) is 30.5 Å². The van der Waals surface area contributed by atoms with Gasteiger partial charge in [0.25, 0.3) is 0 Å². The van der Waals surface area contributed by atoms with Crippen LogP contribution in [0.25, 0.3) is 10.9 Å². The highest BCUT2D eigenvalue weighted by molar-refractivity contribution is 9.10. The lowest BCUT2D eigenvalue weighted by atomic mass is 9.84. The summed E-state index contributed by atoms with van der Waals surface area (Å²) in [7, 11) is 0. The minimum atomic E-state index is -2.68. The predicted octanol–water partition coefficient (Wildman–Crippen LogP) is -2.27. The van der Waals surface area contributed by atoms with Gasteiger partial charge in [0, 0.05) is 23.0 Å². The van der Waals surface area contributed by atoms with Crippen molar-refractivity contribution in [3.63, 3.8) is 0 Å². The van der Waals surface area contributed by atoms with Gasteiger partial charge in [0.2, 0.25) is 12.1 Å². The number of aliphatic hydroxyl groups excluding tert-OH is 7. The van der Waals surface area contributed by atoms with Crippen LogP contribution in [-0.2, 0) is 19.0 Å². The summed E-state index contributed by atoms with van der Waals surface area (Å²) >= 11 is 9.68. The van der Waals surface area contributed by atoms with Crippen molar-refractivity contribution in [1.82, 2.24) is 4.98 Å². The first-order chi connectivity index (χ1) is 18.8. The van der Waals surface area contributed by atoms with Gasteiger partial charge in [-0.3, -0.25) is 0 Å². The normalized spacial score (nSPS) is 36.4. The Kier molecular flexibility index (Phi) is 9.66. The number of nitrogens with one attached hydrogen (secondary N) is 1. The molecule has 8 N–H and O–H groups in total. The first-order valence-corrected chi connectivity index (χ1v) is 13.5. The molecule has 0 saturated carbocycles. The van der Waals surface area contributed by atoms with Crippen molar-refractivity contribution in [3.8, 4) is 5.75 Å². The second-order valence-electron chi connectivity index (χ2n) is 9.87. The highest BCUT2D eigenvalue weighted by Crippen LogP contribution is 2.39. The number of ether oxygens (including phenoxy) is 4. The van der Waals surface area contributed by atoms with Crippen molar-refractivity contribution in [2.75, 3.05) is 13.2 Å². The molecule has 224 valence electrons. The summed E-state index contributed by atoms with van der Waals surface area (Å²) in [5, 5.41) is 84.3. The standard InChI is InChI=1S/C24H31BrClNO13/c1-8-11(29)4-24(23(35)36,40-21(8)17(31)12(30)6-28)37-7-14-18(32)19(33)20(34)22(39-14)38-13-5-27-10-3-2-9(25)16(26)15(10)13/h2-3,5,8,11-12,14,17-22,27-34H,4,6-7H2,1H3,(H,35,36)/p-1/t8-,11-,12-,14?,17-,18+,19+,20?,21?,22-,24-/m1/s1. The van der Waals surface area contributed by atoms with Gasteiger partial charge in [-0.25, -0.2) is 0 Å². The maximum absolute atomic E-state index is 12.2. The van der Waals surface area contributed by atoms with Crippen molar-refractivity contribution in [2.24, 2.45) is 5.92 Å². The Balaban J connectivity index is 1.54. The summed E-state index contributed by atoms with van der Waals surface area (Å²) in [5.74, 6) is -5.36. The van der Waals surface area contributed by atoms with Gasteiger partial charge < -0.3 is 69.6 Å². The van der Waals surface area contributed by atoms with E-state index in [-0.39, 0.29) is 5.75 Å². The average molecular weight is 656 g/mol. The number of H-pyrrole nitrogens is 1. The zero-order valence-corrected chi connectivity index (χ0v) is 23.3. The molecule has 0 bridgehead atoms. The van der Waals surface area contributed by atoms with Gasteiger partial charge in [0.05, 0.1) is 41.3 Å². The molecular weight excluding hydrogens is 626 g/mol. The van der Waals surface area contributed by atoms with Gasteiger partial charge in [-0.2, -0.15) is 0 Å². The molecule has 0 aliphatic carbocycles. The minimum Gasteiger partial charge on any atom is -0.544 e. The number of aliphatic carboxylic acids is 1. The lowest BCUT2D eigenvalue weighted by molar-refractivity contribution is -0.390. The molecule has 0 amide bonds. The maximum atomic E-state index is 12.2. The van der Waals surface area contributed by atoms with E-state index < -0.39 is 92.4 Å². The molecule has 4 rings (SSSR count). The molecule has 0 radical (unpaired) electrons. The van der Waals surface area contributed by atoms with Crippen LogP contribution in [0.4, 0.5) is 0 Å². The van der Waals surface area contributed by atoms with E-state index in [0.717, 1.165) is 0 Å². The third kappa shape index (κ3) is 5.84. The number of carbonyl (C=O) groups excluding carboxylic acids is 1. The summed E-state index contributed by atoms with van der Waals surface area (Å²) < 4.78 is 22.9. The summed E-state index contributed by atoms with van der Waals surface area (Å²) in [6.07, 6.45) is -14.1. The van der Waals surface area contributed by atoms with Crippen molar-refractivity contribution >= 4 is 44.4 Å². The third-order valence-corrected chi connectivity index (χ3v) is 8.53. The van der Waals surface area contributed by atoms with Gasteiger partial charge in [-0.1, -0.05) is 18.5 Å². The maximum Gasteiger partial charge on any atom is 0.229 e. The number of carboxylic acid groups (broad SMARTS) is 1. The molecule has 14 nitrogen and oxygen atoms in total. The average Bonchev–Trinajstić information content (AvgIpc) is 3.34. The first-order valence-electron chi connectivity index (χ1n) is 12.3. The molecule has 3 unspecified atom stereocenters. The van der Waals surface area contributed by atoms with Gasteiger partial charge in [0.15, 0.2) is 0 Å². The molecule has 2 aliphatic heterocycles. The Morgan fingerprint density at radius 3 is 2.60 bits per heavy atom. The molecule has 40 heavy (non-hydrogen) atoms. The fourth-order valence-electron chi connectivity index (χ4n) is 4.76. The van der Waals surface area contributed by atoms with Crippen LogP contribution < -0.4 is 9.84 Å². The van der Waals surface area contributed by atoms with Gasteiger partial charge in [-0.05, 0) is 28.1 Å². The number of rotatable bonds is 9. The van der Waals surface area contributed by atoms with Crippen molar-refractivity contribution in [3.05, 3.63) is 27.8 Å². The van der Waals surface area contributed by atoms with Crippen LogP contribution >= 0.6 is 27.5 Å². The fourth-order valence-corrected chi connectivity index (χ4v) is 5.35. The van der Waals surface area contributed by atoms with Gasteiger partial charge in [0.1, 0.15) is 48.3 Å². The smallest absolute Gasteiger partial charge is 0.229 e. The van der Waals surface area contributed by atoms with E-state index in [1.807, 2.05) is 0 Å². The van der Waals surface area contributed by atoms with E-state index in [9.17, 15) is 45.6 Å². The van der Waals surface area contributed by atoms with Crippen LogP contribution in [-0.4, -0.2) is 121 Å². The van der Waals surface area contributed by atoms with Gasteiger partial charge in [-0.15, -0.1) is 0 Å². The van der Waals surface area contributed by atoms with Gasteiger partial charge >= 0.3 is 0 Å². The number of halogens is 2. The highest BCUT2D eigenvalue weighted by atomic mass is 79.9. The second-order valence-corrected chi connectivity index (χ2v) is 11.1. The first kappa shape index (κ1) is 31.3. The molecule has 11 atom stereocenters. The number of hydrogen-bond donors (Lipinski definition) is 8. The topological polar surface area (TPSA) is 234 Å². The number of aromatic nitrogens is 1. The van der Waals surface area contributed by atoms with Crippen LogP contribution in [0.5, 0.6) is 5.75 Å². The quantitative estimate of drug-likeness (QED) is 0.143. The van der Waals surface area contributed by atoms with Crippen LogP contribution in [0.15, 0.2) is 22.8 Å². The highest BCUT2D eigenvalue weighted by Gasteiger charge is 2.52. The molecule has 2 fully saturated rings. The molecule has 0 spiro atoms. The largest absolute Gasteiger partial charge is 0.544 e. The number of hydrogen-bond acceptors (Lipinski definition) is 13. The van der Waals surface area contributed by atoms with E-state index in [1.165, 1.54) is 13.1 Å². The van der Waals surface area contributed by atoms with Crippen LogP contribution in [0.3, 0.4) is 0 Å². The molecule has 16 heteroatoms. The Morgan fingerprint density at radius 2 is 1.95 bits per heavy atom. The summed E-state index contributed by atoms with van der Waals surface area (Å²) in [4.78, 5) is 15.1. The number of aromatic amines is 1. The fraction of sp³-hybridized carbons (Fsp3) is 0.625. The number of carbonyl (C=O) groups is 1. The van der Waals surface area contributed by atoms with Crippen LogP contribution in [0.2, 0.25) is 5.02 Å². The van der Waals surface area contributed by atoms with E-state index in [0.29, 0.717) is 20.4 Å². The number of carboxylic acids is 1. The van der Waals surface area contributed by atoms with Crippen LogP contribution in [0, 0.1) is 5.92 Å². The molecule has 1 aromatic carbocycles. The summed E-state index contributed by atoms with van der Waals surface area (Å²) in [6.45, 7) is -0.207. The van der Waals surface area contributed by atoms with E-state index >= 15 is 0 Å². The second kappa shape index (κ2) is 12.3. The number of fused-ring (bicyclic) bond motifs is 1. The summed E-state index contributed by atoms with van der Waals surface area (Å²) in [5.41, 5.74) is 0.593. The minimum absolute atomic E-state index is 0.145. The Bertz CT molecular complexity index is 1200. The van der Waals surface area contributed by atoms with Crippen molar-refractivity contribution in [1.29, 1.82) is 0 Å². The molecule has 2 saturated heterocycles. The Labute approximate surface area is 240 Å². The Hall–Kier alpha value is -1.60. The molecule has 3 heterocycles. The Morgan fingerprint density at radius 1 is 1.25 bits per heavy atom. The lowest BCUT2D eigenvalue weighted by Gasteiger charge is -2.49. The monoisotopic (exact) mass is 654 g/mol. The third-order valence-electron chi connectivity index (χ3n) is 7.25. The summed E-state index contributed by atoms with van der Waals surface area (Å²) in [6, 6.07) is 3.42. The lowest BCUT2D eigenvalue weighted by Crippen LogP contribution is -2.65. The molecule has 2 aromatic rings. The zero-order chi connectivity index (χ0) is 29.5. The molecule has 1 aromatic heterocycles. The zero-order valence-electron chi connectivity index (χ0n) is 21.0. The SMILES string of the molecule is C[C@H]1C([C@H](O)[C@H](O)CO)O[C@@](OCC2O[C@@H](Oc3c[nH]c4ccc(Br)c(Cl)c34)C(O)[C@@H](O)[C@H]2O)(C(=O)[O-])C[C@H]1O. The molecule has 2 aliphatic rings. The van der Waals surface area contributed by atoms with Crippen molar-refractivity contribution < 1.29 is 64.6 Å². The van der Waals surface area contributed by atoms with E-state index in [2.05, 4.69) is 20.9 Å². The number of benzene rings is 1. The van der Waals surface area contributed by atoms with Crippen LogP contribution in [0.1, 0.15) is 13.3 Å². The van der Waals surface area contributed by atoms with E-state index in [1.54, 1.807) is 12.1 Å². The van der Waals surface area contributed by atoms with Crippen molar-refractivity contribution in [2.45, 2.75) is 74.3 Å². The number of aliphatic hydroxyl groups is 7. The predicted molar refractivity (Wildman–Crippen MR) is 136 cm³/mol. The molecular formula is C24H30BrClNO13-.